The van der Waals surface area contributed by atoms with Crippen molar-refractivity contribution < 1.29 is 0 Å². The average Bonchev–Trinajstić information content (AvgIpc) is 3.36. The molecule has 1 aliphatic rings. The van der Waals surface area contributed by atoms with Crippen molar-refractivity contribution in [3.8, 4) is 56.2 Å². The van der Waals surface area contributed by atoms with Crippen LogP contribution in [0.3, 0.4) is 0 Å². The van der Waals surface area contributed by atoms with Gasteiger partial charge >= 0.3 is 0 Å². The first-order valence-electron chi connectivity index (χ1n) is 16.1. The molecule has 0 radical (unpaired) electrons. The highest BCUT2D eigenvalue weighted by Gasteiger charge is 2.35. The summed E-state index contributed by atoms with van der Waals surface area (Å²) < 4.78 is 0. The molecule has 8 aromatic rings. The molecular weight excluding hydrogens is 571 g/mol. The van der Waals surface area contributed by atoms with Crippen LogP contribution in [-0.4, -0.2) is 15.0 Å². The van der Waals surface area contributed by atoms with E-state index in [4.69, 9.17) is 9.97 Å². The zero-order valence-electron chi connectivity index (χ0n) is 26.3. The van der Waals surface area contributed by atoms with Gasteiger partial charge in [-0.2, -0.15) is 0 Å². The lowest BCUT2D eigenvalue weighted by Crippen LogP contribution is -2.14. The van der Waals surface area contributed by atoms with Gasteiger partial charge < -0.3 is 0 Å². The second-order valence-corrected chi connectivity index (χ2v) is 12.8. The van der Waals surface area contributed by atoms with E-state index in [1.807, 2.05) is 36.5 Å². The fraction of sp³-hybridized carbons (Fsp3) is 0.0682. The Labute approximate surface area is 274 Å². The standard InChI is InChI=1S/C44H31N3/c1-44(2)38-19-9-8-16-33(38)34-22-21-29(26-39(34)44)30-23-24-37(32-15-7-6-14-31(30)32)42-27-41(46-43(47-42)28-12-4-3-5-13-28)36-17-10-20-40-35(36)18-11-25-45-40/h3-27H,1-2H3. The molecule has 3 nitrogen and oxygen atoms in total. The van der Waals surface area contributed by atoms with E-state index in [1.165, 1.54) is 38.8 Å². The second-order valence-electron chi connectivity index (χ2n) is 12.8. The molecule has 6 aromatic carbocycles. The highest BCUT2D eigenvalue weighted by molar-refractivity contribution is 6.05. The molecule has 2 aromatic heterocycles. The van der Waals surface area contributed by atoms with Gasteiger partial charge in [0.15, 0.2) is 5.82 Å². The third kappa shape index (κ3) is 4.39. The Morgan fingerprint density at radius 3 is 1.87 bits per heavy atom. The fourth-order valence-corrected chi connectivity index (χ4v) is 7.41. The Bertz CT molecular complexity index is 2490. The lowest BCUT2D eigenvalue weighted by molar-refractivity contribution is 0.660. The highest BCUT2D eigenvalue weighted by Crippen LogP contribution is 2.50. The molecule has 0 unspecified atom stereocenters. The van der Waals surface area contributed by atoms with Gasteiger partial charge in [-0.25, -0.2) is 9.97 Å². The molecule has 2 heterocycles. The lowest BCUT2D eigenvalue weighted by Gasteiger charge is -2.22. The number of benzene rings is 6. The van der Waals surface area contributed by atoms with Crippen LogP contribution in [0, 0.1) is 0 Å². The number of aromatic nitrogens is 3. The molecule has 0 spiro atoms. The van der Waals surface area contributed by atoms with Gasteiger partial charge in [0.25, 0.3) is 0 Å². The number of fused-ring (bicyclic) bond motifs is 5. The summed E-state index contributed by atoms with van der Waals surface area (Å²) in [5.74, 6) is 0.701. The van der Waals surface area contributed by atoms with Crippen LogP contribution in [0.5, 0.6) is 0 Å². The van der Waals surface area contributed by atoms with Crippen molar-refractivity contribution in [2.75, 3.05) is 0 Å². The van der Waals surface area contributed by atoms with Gasteiger partial charge in [-0.05, 0) is 68.4 Å². The van der Waals surface area contributed by atoms with Crippen molar-refractivity contribution in [3.63, 3.8) is 0 Å². The highest BCUT2D eigenvalue weighted by atomic mass is 14.9. The SMILES string of the molecule is CC1(C)c2ccccc2-c2ccc(-c3ccc(-c4cc(-c5cccc6ncccc56)nc(-c5ccccc5)n4)c4ccccc34)cc21. The van der Waals surface area contributed by atoms with E-state index in [0.717, 1.165) is 44.4 Å². The molecular formula is C44H31N3. The minimum Gasteiger partial charge on any atom is -0.256 e. The molecule has 9 rings (SSSR count). The maximum absolute atomic E-state index is 5.19. The third-order valence-electron chi connectivity index (χ3n) is 9.77. The first-order chi connectivity index (χ1) is 23.1. The largest absolute Gasteiger partial charge is 0.256 e. The van der Waals surface area contributed by atoms with Crippen molar-refractivity contribution >= 4 is 21.7 Å². The first kappa shape index (κ1) is 27.4. The smallest absolute Gasteiger partial charge is 0.160 e. The molecule has 0 saturated carbocycles. The predicted octanol–water partition coefficient (Wildman–Crippen LogP) is 11.2. The van der Waals surface area contributed by atoms with E-state index in [9.17, 15) is 0 Å². The van der Waals surface area contributed by atoms with Crippen LogP contribution in [0.15, 0.2) is 152 Å². The summed E-state index contributed by atoms with van der Waals surface area (Å²) in [7, 11) is 0. The van der Waals surface area contributed by atoms with E-state index in [2.05, 4.69) is 134 Å². The average molecular weight is 602 g/mol. The fourth-order valence-electron chi connectivity index (χ4n) is 7.41. The maximum atomic E-state index is 5.19. The van der Waals surface area contributed by atoms with Crippen molar-refractivity contribution in [3.05, 3.63) is 163 Å². The summed E-state index contributed by atoms with van der Waals surface area (Å²) in [4.78, 5) is 14.9. The van der Waals surface area contributed by atoms with Gasteiger partial charge in [0.1, 0.15) is 0 Å². The zero-order chi connectivity index (χ0) is 31.5. The molecule has 0 N–H and O–H groups in total. The van der Waals surface area contributed by atoms with Gasteiger partial charge in [-0.3, -0.25) is 4.98 Å². The van der Waals surface area contributed by atoms with Crippen LogP contribution in [0.1, 0.15) is 25.0 Å². The molecule has 222 valence electrons. The minimum atomic E-state index is -0.0555. The number of rotatable bonds is 4. The summed E-state index contributed by atoms with van der Waals surface area (Å²) >= 11 is 0. The Balaban J connectivity index is 1.24. The second kappa shape index (κ2) is 10.6. The van der Waals surface area contributed by atoms with Gasteiger partial charge in [-0.1, -0.05) is 135 Å². The van der Waals surface area contributed by atoms with E-state index < -0.39 is 0 Å². The third-order valence-corrected chi connectivity index (χ3v) is 9.77. The number of pyridine rings is 1. The molecule has 0 bridgehead atoms. The Morgan fingerprint density at radius 2 is 1.04 bits per heavy atom. The molecule has 47 heavy (non-hydrogen) atoms. The van der Waals surface area contributed by atoms with Crippen molar-refractivity contribution in [2.45, 2.75) is 19.3 Å². The van der Waals surface area contributed by atoms with E-state index >= 15 is 0 Å². The zero-order valence-corrected chi connectivity index (χ0v) is 26.3. The summed E-state index contributed by atoms with van der Waals surface area (Å²) in [6.45, 7) is 4.68. The number of hydrogen-bond donors (Lipinski definition) is 0. The van der Waals surface area contributed by atoms with Gasteiger partial charge in [-0.15, -0.1) is 0 Å². The van der Waals surface area contributed by atoms with Crippen molar-refractivity contribution in [1.29, 1.82) is 0 Å². The topological polar surface area (TPSA) is 38.7 Å². The van der Waals surface area contributed by atoms with Gasteiger partial charge in [0.05, 0.1) is 16.9 Å². The predicted molar refractivity (Wildman–Crippen MR) is 194 cm³/mol. The summed E-state index contributed by atoms with van der Waals surface area (Å²) in [6.07, 6.45) is 1.83. The molecule has 0 fully saturated rings. The van der Waals surface area contributed by atoms with Crippen LogP contribution in [-0.2, 0) is 5.41 Å². The van der Waals surface area contributed by atoms with E-state index in [0.29, 0.717) is 5.82 Å². The lowest BCUT2D eigenvalue weighted by atomic mass is 9.81. The molecule has 0 atom stereocenters. The van der Waals surface area contributed by atoms with Crippen LogP contribution >= 0.6 is 0 Å². The summed E-state index contributed by atoms with van der Waals surface area (Å²) in [5, 5.41) is 3.44. The van der Waals surface area contributed by atoms with Crippen LogP contribution in [0.2, 0.25) is 0 Å². The van der Waals surface area contributed by atoms with Crippen molar-refractivity contribution in [1.82, 2.24) is 15.0 Å². The number of nitrogens with zero attached hydrogens (tertiary/aromatic N) is 3. The van der Waals surface area contributed by atoms with Crippen molar-refractivity contribution in [2.24, 2.45) is 0 Å². The Morgan fingerprint density at radius 1 is 0.426 bits per heavy atom. The van der Waals surface area contributed by atoms with Crippen LogP contribution < -0.4 is 0 Å². The van der Waals surface area contributed by atoms with Crippen LogP contribution in [0.4, 0.5) is 0 Å². The van der Waals surface area contributed by atoms with Crippen LogP contribution in [0.25, 0.3) is 77.8 Å². The molecule has 0 aliphatic heterocycles. The molecule has 1 aliphatic carbocycles. The number of hydrogen-bond acceptors (Lipinski definition) is 3. The van der Waals surface area contributed by atoms with E-state index in [-0.39, 0.29) is 5.41 Å². The Kier molecular flexibility index (Phi) is 6.16. The molecule has 0 amide bonds. The molecule has 3 heteroatoms. The molecule has 0 saturated heterocycles. The van der Waals surface area contributed by atoms with E-state index in [1.54, 1.807) is 0 Å². The minimum absolute atomic E-state index is 0.0555. The normalized spacial score (nSPS) is 13.1. The van der Waals surface area contributed by atoms with Gasteiger partial charge in [0, 0.05) is 33.7 Å². The first-order valence-corrected chi connectivity index (χ1v) is 16.1. The van der Waals surface area contributed by atoms with Gasteiger partial charge in [0.2, 0.25) is 0 Å². The quantitative estimate of drug-likeness (QED) is 0.201. The monoisotopic (exact) mass is 601 g/mol. The maximum Gasteiger partial charge on any atom is 0.160 e. The summed E-state index contributed by atoms with van der Waals surface area (Å²) in [6, 6.07) is 51.7. The summed E-state index contributed by atoms with van der Waals surface area (Å²) in [5.41, 5.74) is 13.7. The Hall–Kier alpha value is -5.93.